The lowest BCUT2D eigenvalue weighted by Crippen LogP contribution is -2.29. The van der Waals surface area contributed by atoms with E-state index in [2.05, 4.69) is 98.8 Å². The molecular formula is C31H35NO. The van der Waals surface area contributed by atoms with Crippen molar-refractivity contribution in [2.24, 2.45) is 0 Å². The van der Waals surface area contributed by atoms with Crippen LogP contribution in [0.5, 0.6) is 0 Å². The van der Waals surface area contributed by atoms with Crippen LogP contribution in [0.25, 0.3) is 16.7 Å². The van der Waals surface area contributed by atoms with Crippen molar-refractivity contribution >= 4 is 22.6 Å². The summed E-state index contributed by atoms with van der Waals surface area (Å²) in [6, 6.07) is 30.0. The second-order valence-electron chi connectivity index (χ2n) is 8.17. The maximum absolute atomic E-state index is 12.4. The first-order valence-corrected chi connectivity index (χ1v) is 12.0. The third-order valence-corrected chi connectivity index (χ3v) is 6.17. The highest BCUT2D eigenvalue weighted by Gasteiger charge is 2.13. The zero-order valence-electron chi connectivity index (χ0n) is 20.3. The number of rotatable bonds is 9. The molecule has 2 heteroatoms. The Morgan fingerprint density at radius 1 is 0.697 bits per heavy atom. The molecule has 2 nitrogen and oxygen atoms in total. The summed E-state index contributed by atoms with van der Waals surface area (Å²) in [7, 11) is 0. The van der Waals surface area contributed by atoms with E-state index < -0.39 is 0 Å². The van der Waals surface area contributed by atoms with Gasteiger partial charge >= 0.3 is 0 Å². The predicted octanol–water partition coefficient (Wildman–Crippen LogP) is 7.72. The molecule has 3 rings (SSSR count). The molecule has 0 aliphatic carbocycles. The van der Waals surface area contributed by atoms with E-state index in [4.69, 9.17) is 0 Å². The Morgan fingerprint density at radius 3 is 1.70 bits per heavy atom. The van der Waals surface area contributed by atoms with Gasteiger partial charge in [0, 0.05) is 19.5 Å². The van der Waals surface area contributed by atoms with Crippen LogP contribution in [-0.4, -0.2) is 23.9 Å². The minimum Gasteiger partial charge on any atom is -0.343 e. The van der Waals surface area contributed by atoms with Gasteiger partial charge in [-0.3, -0.25) is 4.79 Å². The van der Waals surface area contributed by atoms with Gasteiger partial charge in [-0.25, -0.2) is 0 Å². The smallest absolute Gasteiger partial charge is 0.226 e. The number of amides is 1. The van der Waals surface area contributed by atoms with E-state index in [9.17, 15) is 4.79 Å². The number of hydrogen-bond acceptors (Lipinski definition) is 1. The summed E-state index contributed by atoms with van der Waals surface area (Å²) in [5.74, 6) is 0.181. The summed E-state index contributed by atoms with van der Waals surface area (Å²) < 4.78 is 0. The molecule has 3 aromatic rings. The van der Waals surface area contributed by atoms with Crippen molar-refractivity contribution in [3.8, 4) is 0 Å². The molecule has 0 aliphatic rings. The molecule has 1 amide bonds. The molecule has 0 saturated carbocycles. The minimum atomic E-state index is 0.181. The lowest BCUT2D eigenvalue weighted by molar-refractivity contribution is -0.129. The van der Waals surface area contributed by atoms with E-state index in [0.717, 1.165) is 30.6 Å². The Kier molecular flexibility index (Phi) is 8.83. The van der Waals surface area contributed by atoms with Crippen molar-refractivity contribution < 1.29 is 4.79 Å². The van der Waals surface area contributed by atoms with Crippen LogP contribution in [0.1, 0.15) is 62.8 Å². The number of benzene rings is 3. The van der Waals surface area contributed by atoms with Gasteiger partial charge in [0.05, 0.1) is 0 Å². The van der Waals surface area contributed by atoms with Crippen molar-refractivity contribution in [2.75, 3.05) is 13.1 Å². The van der Waals surface area contributed by atoms with Crippen LogP contribution in [0, 0.1) is 0 Å². The van der Waals surface area contributed by atoms with Crippen molar-refractivity contribution in [1.82, 2.24) is 4.90 Å². The lowest BCUT2D eigenvalue weighted by atomic mass is 9.87. The highest BCUT2D eigenvalue weighted by atomic mass is 16.2. The summed E-state index contributed by atoms with van der Waals surface area (Å²) in [4.78, 5) is 14.2. The molecule has 0 aliphatic heterocycles. The second-order valence-corrected chi connectivity index (χ2v) is 8.17. The molecule has 0 fully saturated rings. The van der Waals surface area contributed by atoms with E-state index in [-0.39, 0.29) is 5.91 Å². The normalized spacial score (nSPS) is 12.3. The summed E-state index contributed by atoms with van der Waals surface area (Å²) in [5, 5.41) is 0. The number of allylic oxidation sites excluding steroid dienone is 2. The van der Waals surface area contributed by atoms with Crippen molar-refractivity contribution in [3.05, 3.63) is 113 Å². The first-order chi connectivity index (χ1) is 16.1. The molecule has 0 aromatic heterocycles. The van der Waals surface area contributed by atoms with Gasteiger partial charge < -0.3 is 4.90 Å². The first kappa shape index (κ1) is 24.3. The Bertz CT molecular complexity index is 1090. The summed E-state index contributed by atoms with van der Waals surface area (Å²) in [6.45, 7) is 9.86. The van der Waals surface area contributed by atoms with E-state index in [1.165, 1.54) is 27.8 Å². The third kappa shape index (κ3) is 6.10. The predicted molar refractivity (Wildman–Crippen MR) is 142 cm³/mol. The maximum atomic E-state index is 12.4. The Hall–Kier alpha value is -3.39. The van der Waals surface area contributed by atoms with E-state index in [1.54, 1.807) is 0 Å². The van der Waals surface area contributed by atoms with Crippen molar-refractivity contribution in [2.45, 2.75) is 40.5 Å². The summed E-state index contributed by atoms with van der Waals surface area (Å²) in [6.07, 6.45) is 3.44. The molecule has 0 saturated heterocycles. The molecule has 0 atom stereocenters. The second kappa shape index (κ2) is 12.0. The average Bonchev–Trinajstić information content (AvgIpc) is 2.87. The largest absolute Gasteiger partial charge is 0.343 e. The van der Waals surface area contributed by atoms with Crippen LogP contribution in [0.3, 0.4) is 0 Å². The number of carbonyl (C=O) groups is 1. The Balaban J connectivity index is 1.96. The highest BCUT2D eigenvalue weighted by Crippen LogP contribution is 2.34. The molecule has 0 unspecified atom stereocenters. The van der Waals surface area contributed by atoms with Crippen LogP contribution in [-0.2, 0) is 4.79 Å². The fraction of sp³-hybridized carbons (Fsp3) is 0.258. The third-order valence-electron chi connectivity index (χ3n) is 6.17. The van der Waals surface area contributed by atoms with Gasteiger partial charge in [-0.2, -0.15) is 0 Å². The topological polar surface area (TPSA) is 20.3 Å². The molecule has 3 aromatic carbocycles. The number of carbonyl (C=O) groups excluding carboxylic acids is 1. The molecular weight excluding hydrogens is 402 g/mol. The van der Waals surface area contributed by atoms with Gasteiger partial charge in [-0.15, -0.1) is 0 Å². The van der Waals surface area contributed by atoms with Gasteiger partial charge in [0.1, 0.15) is 0 Å². The van der Waals surface area contributed by atoms with Crippen LogP contribution >= 0.6 is 0 Å². The average molecular weight is 438 g/mol. The fourth-order valence-corrected chi connectivity index (χ4v) is 4.25. The van der Waals surface area contributed by atoms with Gasteiger partial charge in [0.15, 0.2) is 0 Å². The van der Waals surface area contributed by atoms with E-state index in [0.29, 0.717) is 6.42 Å². The SMILES string of the molecule is CC/C(=C(\c1ccccc1)c1ccc(/C(C)=C/CC(=O)N(CC)CC)cc1)c1ccccc1. The molecule has 33 heavy (non-hydrogen) atoms. The zero-order chi connectivity index (χ0) is 23.6. The van der Waals surface area contributed by atoms with Crippen LogP contribution in [0.2, 0.25) is 0 Å². The fourth-order valence-electron chi connectivity index (χ4n) is 4.25. The van der Waals surface area contributed by atoms with Crippen molar-refractivity contribution in [3.63, 3.8) is 0 Å². The number of hydrogen-bond donors (Lipinski definition) is 0. The van der Waals surface area contributed by atoms with Crippen LogP contribution in [0.15, 0.2) is 91.0 Å². The summed E-state index contributed by atoms with van der Waals surface area (Å²) in [5.41, 5.74) is 8.58. The maximum Gasteiger partial charge on any atom is 0.226 e. The molecule has 0 heterocycles. The molecule has 0 bridgehead atoms. The Morgan fingerprint density at radius 2 is 1.18 bits per heavy atom. The van der Waals surface area contributed by atoms with Gasteiger partial charge in [0.2, 0.25) is 5.91 Å². The first-order valence-electron chi connectivity index (χ1n) is 12.0. The quantitative estimate of drug-likeness (QED) is 0.314. The zero-order valence-corrected chi connectivity index (χ0v) is 20.3. The standard InChI is InChI=1S/C31H35NO/c1-5-29(26-14-10-8-11-15-26)31(27-16-12-9-13-17-27)28-21-19-25(20-22-28)24(4)18-23-30(33)32(6-2)7-3/h8-22H,5-7,23H2,1-4H3/b24-18+,31-29-. The van der Waals surface area contributed by atoms with Gasteiger partial charge in [-0.05, 0) is 66.2 Å². The molecule has 0 spiro atoms. The van der Waals surface area contributed by atoms with Gasteiger partial charge in [0.25, 0.3) is 0 Å². The van der Waals surface area contributed by atoms with Crippen LogP contribution in [0.4, 0.5) is 0 Å². The monoisotopic (exact) mass is 437 g/mol. The highest BCUT2D eigenvalue weighted by molar-refractivity contribution is 5.98. The minimum absolute atomic E-state index is 0.181. The molecule has 0 radical (unpaired) electrons. The van der Waals surface area contributed by atoms with E-state index >= 15 is 0 Å². The van der Waals surface area contributed by atoms with Gasteiger partial charge in [-0.1, -0.05) is 97.9 Å². The van der Waals surface area contributed by atoms with E-state index in [1.807, 2.05) is 24.8 Å². The molecule has 170 valence electrons. The van der Waals surface area contributed by atoms with Crippen molar-refractivity contribution in [1.29, 1.82) is 0 Å². The summed E-state index contributed by atoms with van der Waals surface area (Å²) >= 11 is 0. The number of nitrogens with zero attached hydrogens (tertiary/aromatic N) is 1. The Labute approximate surface area is 199 Å². The lowest BCUT2D eigenvalue weighted by Gasteiger charge is -2.18. The molecule has 0 N–H and O–H groups in total. The van der Waals surface area contributed by atoms with Crippen LogP contribution < -0.4 is 0 Å².